The molecule has 2 aliphatic carbocycles. The lowest BCUT2D eigenvalue weighted by molar-refractivity contribution is -0.384. The molecule has 1 unspecified atom stereocenters. The smallest absolute Gasteiger partial charge is 0.293 e. The molecule has 4 N–H and O–H groups in total. The lowest BCUT2D eigenvalue weighted by Gasteiger charge is -2.58. The van der Waals surface area contributed by atoms with E-state index in [1.54, 1.807) is 37.7 Å². The van der Waals surface area contributed by atoms with Gasteiger partial charge in [0.15, 0.2) is 0 Å². The van der Waals surface area contributed by atoms with Crippen LogP contribution in [0.4, 0.5) is 17.1 Å². The Labute approximate surface area is 427 Å². The molecule has 16 nitrogen and oxygen atoms in total. The van der Waals surface area contributed by atoms with E-state index in [-0.39, 0.29) is 28.3 Å². The molecule has 4 aliphatic rings. The Morgan fingerprint density at radius 2 is 1.70 bits per heavy atom. The molecular formula is C56H66N8O8S. The van der Waals surface area contributed by atoms with E-state index in [1.165, 1.54) is 28.8 Å². The predicted molar refractivity (Wildman–Crippen MR) is 282 cm³/mol. The van der Waals surface area contributed by atoms with Gasteiger partial charge in [0.25, 0.3) is 21.6 Å². The number of nitrogens with zero attached hydrogens (tertiary/aromatic N) is 5. The van der Waals surface area contributed by atoms with Crippen molar-refractivity contribution in [3.05, 3.63) is 142 Å². The molecule has 2 aromatic heterocycles. The summed E-state index contributed by atoms with van der Waals surface area (Å²) in [7, 11) is -2.88. The summed E-state index contributed by atoms with van der Waals surface area (Å²) in [6.45, 7) is 10.0. The van der Waals surface area contributed by atoms with Crippen LogP contribution in [0.2, 0.25) is 0 Å². The molecule has 1 spiro atoms. The van der Waals surface area contributed by atoms with Crippen molar-refractivity contribution in [1.29, 1.82) is 0 Å². The zero-order chi connectivity index (χ0) is 50.9. The summed E-state index contributed by atoms with van der Waals surface area (Å²) < 4.78 is 41.6. The van der Waals surface area contributed by atoms with E-state index < -0.39 is 37.0 Å². The summed E-state index contributed by atoms with van der Waals surface area (Å²) in [5.41, 5.74) is 4.88. The Morgan fingerprint density at radius 3 is 2.44 bits per heavy atom. The molecule has 4 aromatic carbocycles. The average Bonchev–Trinajstić information content (AvgIpc) is 3.86. The zero-order valence-electron chi connectivity index (χ0n) is 41.9. The number of fused-ring (bicyclic) bond motifs is 1. The Kier molecular flexibility index (Phi) is 14.2. The van der Waals surface area contributed by atoms with Gasteiger partial charge in [0.1, 0.15) is 28.6 Å². The van der Waals surface area contributed by atoms with Crippen molar-refractivity contribution in [2.75, 3.05) is 56.6 Å². The number of nitro groups is 1. The van der Waals surface area contributed by atoms with Crippen LogP contribution in [-0.4, -0.2) is 102 Å². The minimum Gasteiger partial charge on any atom is -0.497 e. The van der Waals surface area contributed by atoms with E-state index in [2.05, 4.69) is 78.0 Å². The molecule has 2 saturated carbocycles. The van der Waals surface area contributed by atoms with Crippen molar-refractivity contribution in [1.82, 2.24) is 24.5 Å². The minimum absolute atomic E-state index is 0.0284. The van der Waals surface area contributed by atoms with Crippen LogP contribution in [-0.2, 0) is 23.0 Å². The molecule has 73 heavy (non-hydrogen) atoms. The number of methoxy groups -OCH3 is 1. The molecule has 384 valence electrons. The van der Waals surface area contributed by atoms with Crippen LogP contribution in [0.1, 0.15) is 98.3 Å². The Morgan fingerprint density at radius 1 is 0.932 bits per heavy atom. The van der Waals surface area contributed by atoms with Crippen molar-refractivity contribution in [3.63, 3.8) is 0 Å². The fourth-order valence-corrected chi connectivity index (χ4v) is 12.7. The highest BCUT2D eigenvalue weighted by Gasteiger charge is 2.50. The highest BCUT2D eigenvalue weighted by Crippen LogP contribution is 2.53. The number of pyridine rings is 1. The van der Waals surface area contributed by atoms with Crippen LogP contribution in [0.15, 0.2) is 114 Å². The first-order valence-electron chi connectivity index (χ1n) is 25.7. The largest absolute Gasteiger partial charge is 0.497 e. The SMILES string of the molecule is CCc1ccccc1C1CN(Cc2ccc(OC)cc2)CCN1C1CC2(CCN(c3ccc(C(=O)NS(=O)(=O)c4ccc(NCC5CCC(C)(O)CC5)c([N+](=O)[O-])c4)c(Oc4cnc5[nH]ccc5c4)c3)CC2)C1. The number of nitrogens with one attached hydrogen (secondary N) is 3. The number of piperidine rings is 1. The number of anilines is 2. The molecule has 4 heterocycles. The molecule has 4 fully saturated rings. The van der Waals surface area contributed by atoms with E-state index in [0.717, 1.165) is 107 Å². The van der Waals surface area contributed by atoms with Crippen LogP contribution in [0, 0.1) is 21.4 Å². The number of H-pyrrole nitrogens is 1. The number of nitro benzene ring substituents is 1. The number of aromatic amines is 1. The van der Waals surface area contributed by atoms with Gasteiger partial charge in [-0.15, -0.1) is 0 Å². The molecule has 2 aliphatic heterocycles. The molecule has 1 atom stereocenters. The minimum atomic E-state index is -4.59. The van der Waals surface area contributed by atoms with Gasteiger partial charge >= 0.3 is 0 Å². The fourth-order valence-electron chi connectivity index (χ4n) is 11.8. The summed E-state index contributed by atoms with van der Waals surface area (Å²) in [4.78, 5) is 40.5. The Hall–Kier alpha value is -6.53. The van der Waals surface area contributed by atoms with Crippen LogP contribution < -0.4 is 24.4 Å². The first kappa shape index (κ1) is 50.0. The van der Waals surface area contributed by atoms with Gasteiger partial charge in [0.2, 0.25) is 0 Å². The number of piperazine rings is 1. The second-order valence-corrected chi connectivity index (χ2v) is 22.7. The van der Waals surface area contributed by atoms with Gasteiger partial charge in [-0.3, -0.25) is 24.7 Å². The zero-order valence-corrected chi connectivity index (χ0v) is 42.7. The van der Waals surface area contributed by atoms with Gasteiger partial charge < -0.3 is 29.8 Å². The molecule has 17 heteroatoms. The first-order chi connectivity index (χ1) is 35.2. The summed E-state index contributed by atoms with van der Waals surface area (Å²) in [5.74, 6) is 0.623. The molecule has 0 bridgehead atoms. The summed E-state index contributed by atoms with van der Waals surface area (Å²) in [6.07, 6.45) is 11.4. The Balaban J connectivity index is 0.826. The maximum Gasteiger partial charge on any atom is 0.293 e. The number of aryl methyl sites for hydroxylation is 1. The number of ether oxygens (including phenoxy) is 2. The van der Waals surface area contributed by atoms with Crippen LogP contribution in [0.25, 0.3) is 11.0 Å². The number of amides is 1. The van der Waals surface area contributed by atoms with Crippen molar-refractivity contribution < 1.29 is 32.7 Å². The van der Waals surface area contributed by atoms with Gasteiger partial charge in [0, 0.05) is 87.3 Å². The van der Waals surface area contributed by atoms with Crippen molar-refractivity contribution in [3.8, 4) is 17.2 Å². The normalized spacial score (nSPS) is 21.7. The maximum absolute atomic E-state index is 14.1. The molecular weight excluding hydrogens is 945 g/mol. The molecule has 0 radical (unpaired) electrons. The monoisotopic (exact) mass is 1010 g/mol. The third-order valence-corrected chi connectivity index (χ3v) is 17.5. The number of sulfonamides is 1. The molecule has 2 saturated heterocycles. The van der Waals surface area contributed by atoms with Crippen molar-refractivity contribution in [2.45, 2.75) is 101 Å². The number of hydrogen-bond donors (Lipinski definition) is 4. The van der Waals surface area contributed by atoms with E-state index in [4.69, 9.17) is 9.47 Å². The Bertz CT molecular complexity index is 3060. The summed E-state index contributed by atoms with van der Waals surface area (Å²) in [5, 5.41) is 26.5. The van der Waals surface area contributed by atoms with E-state index in [1.807, 2.05) is 31.2 Å². The first-order valence-corrected chi connectivity index (χ1v) is 27.2. The predicted octanol–water partition coefficient (Wildman–Crippen LogP) is 9.61. The van der Waals surface area contributed by atoms with Gasteiger partial charge in [-0.05, 0) is 141 Å². The van der Waals surface area contributed by atoms with Gasteiger partial charge in [-0.25, -0.2) is 18.1 Å². The number of aromatic nitrogens is 2. The molecule has 1 amide bonds. The van der Waals surface area contributed by atoms with Gasteiger partial charge in [-0.1, -0.05) is 43.3 Å². The number of hydrogen-bond acceptors (Lipinski definition) is 13. The highest BCUT2D eigenvalue weighted by atomic mass is 32.2. The molecule has 10 rings (SSSR count). The van der Waals surface area contributed by atoms with E-state index in [0.29, 0.717) is 42.9 Å². The second kappa shape index (κ2) is 20.8. The lowest BCUT2D eigenvalue weighted by atomic mass is 9.59. The highest BCUT2D eigenvalue weighted by molar-refractivity contribution is 7.90. The van der Waals surface area contributed by atoms with Crippen LogP contribution in [0.3, 0.4) is 0 Å². The standard InChI is InChI=1S/C56H66N8O8S/c1-4-40-7-5-6-8-47(40)51-37-61(36-39-9-12-44(71-3)13-10-39)27-28-63(51)43-32-56(33-43)22-25-62(26-23-56)42-11-15-48(52(30-42)72-45-29-41-19-24-57-53(41)59-35-45)54(65)60-73(69,70)46-14-16-49(50(31-46)64(67)68)58-34-38-17-20-55(2,66)21-18-38/h5-16,19,24,29-31,35,38,43,51,58,66H,4,17-18,20-23,25-28,32-34,36-37H2,1-3H3,(H,57,59)(H,60,65). The summed E-state index contributed by atoms with van der Waals surface area (Å²) in [6, 6.07) is 30.6. The van der Waals surface area contributed by atoms with Crippen molar-refractivity contribution in [2.24, 2.45) is 11.3 Å². The second-order valence-electron chi connectivity index (χ2n) is 21.0. The quantitative estimate of drug-likeness (QED) is 0.0529. The van der Waals surface area contributed by atoms with E-state index >= 15 is 0 Å². The lowest BCUT2D eigenvalue weighted by Crippen LogP contribution is -2.59. The molecule has 6 aromatic rings. The number of aliphatic hydroxyl groups is 1. The van der Waals surface area contributed by atoms with Crippen LogP contribution >= 0.6 is 0 Å². The maximum atomic E-state index is 14.1. The summed E-state index contributed by atoms with van der Waals surface area (Å²) >= 11 is 0. The van der Waals surface area contributed by atoms with E-state index in [9.17, 15) is 28.4 Å². The van der Waals surface area contributed by atoms with Crippen molar-refractivity contribution >= 4 is 44.0 Å². The third kappa shape index (κ3) is 11.1. The van der Waals surface area contributed by atoms with Crippen LogP contribution in [0.5, 0.6) is 17.2 Å². The number of benzene rings is 4. The third-order valence-electron chi connectivity index (χ3n) is 16.1. The number of carbonyl (C=O) groups is 1. The fraction of sp³-hybridized carbons (Fsp3) is 0.429. The topological polar surface area (TPSA) is 195 Å². The van der Waals surface area contributed by atoms with Gasteiger partial charge in [-0.2, -0.15) is 0 Å². The number of rotatable bonds is 16. The average molecular weight is 1010 g/mol. The number of carbonyl (C=O) groups excluding carboxylic acids is 1. The van der Waals surface area contributed by atoms with Gasteiger partial charge in [0.05, 0.1) is 34.3 Å².